The summed E-state index contributed by atoms with van der Waals surface area (Å²) in [5.41, 5.74) is 0.277. The highest BCUT2D eigenvalue weighted by Gasteiger charge is 2.12. The number of nitrogens with one attached hydrogen (secondary N) is 1. The third-order valence-electron chi connectivity index (χ3n) is 2.03. The summed E-state index contributed by atoms with van der Waals surface area (Å²) >= 11 is 3.49. The highest BCUT2D eigenvalue weighted by molar-refractivity contribution is 14.1. The van der Waals surface area contributed by atoms with Gasteiger partial charge in [-0.25, -0.2) is 8.78 Å². The van der Waals surface area contributed by atoms with Gasteiger partial charge in [-0.3, -0.25) is 4.79 Å². The Hall–Kier alpha value is -1.02. The van der Waals surface area contributed by atoms with Crippen LogP contribution < -0.4 is 5.32 Å². The number of amides is 1. The van der Waals surface area contributed by atoms with E-state index in [9.17, 15) is 13.6 Å². The second-order valence-corrected chi connectivity index (χ2v) is 6.00. The number of hydrogen-bond acceptors (Lipinski definition) is 2. The first-order valence-corrected chi connectivity index (χ1v) is 6.53. The van der Waals surface area contributed by atoms with Gasteiger partial charge in [-0.1, -0.05) is 6.07 Å². The van der Waals surface area contributed by atoms with Gasteiger partial charge in [0.25, 0.3) is 5.91 Å². The molecule has 0 aliphatic rings. The molecule has 1 N–H and O–H groups in total. The van der Waals surface area contributed by atoms with Gasteiger partial charge >= 0.3 is 0 Å². The Kier molecular flexibility index (Phi) is 3.72. The lowest BCUT2D eigenvalue weighted by Gasteiger charge is -2.05. The Bertz CT molecular complexity index is 570. The van der Waals surface area contributed by atoms with Crippen LogP contribution in [0.3, 0.4) is 0 Å². The average Bonchev–Trinajstić information content (AvgIpc) is 2.72. The average molecular weight is 365 g/mol. The second kappa shape index (κ2) is 5.09. The van der Waals surface area contributed by atoms with Crippen molar-refractivity contribution in [3.05, 3.63) is 49.7 Å². The monoisotopic (exact) mass is 365 g/mol. The van der Waals surface area contributed by atoms with Gasteiger partial charge in [-0.2, -0.15) is 0 Å². The minimum Gasteiger partial charge on any atom is -0.319 e. The fraction of sp³-hybridized carbons (Fsp3) is 0. The number of benzene rings is 1. The predicted octanol–water partition coefficient (Wildman–Crippen LogP) is 3.88. The molecule has 1 amide bonds. The normalized spacial score (nSPS) is 10.3. The fourth-order valence-corrected chi connectivity index (χ4v) is 2.55. The molecule has 1 aromatic carbocycles. The molecule has 0 aliphatic carbocycles. The van der Waals surface area contributed by atoms with Crippen LogP contribution in [-0.2, 0) is 0 Å². The van der Waals surface area contributed by atoms with E-state index in [0.717, 1.165) is 8.95 Å². The zero-order valence-corrected chi connectivity index (χ0v) is 11.3. The van der Waals surface area contributed by atoms with E-state index in [1.54, 1.807) is 11.4 Å². The predicted molar refractivity (Wildman–Crippen MR) is 71.3 cm³/mol. The number of halogens is 3. The molecule has 88 valence electrons. The maximum absolute atomic E-state index is 13.3. The van der Waals surface area contributed by atoms with Gasteiger partial charge in [0.05, 0.1) is 14.1 Å². The van der Waals surface area contributed by atoms with Crippen molar-refractivity contribution in [2.45, 2.75) is 0 Å². The van der Waals surface area contributed by atoms with Crippen LogP contribution in [0, 0.1) is 14.5 Å². The molecule has 0 unspecified atom stereocenters. The van der Waals surface area contributed by atoms with Gasteiger partial charge < -0.3 is 5.32 Å². The summed E-state index contributed by atoms with van der Waals surface area (Å²) in [6.07, 6.45) is 0. The molecule has 17 heavy (non-hydrogen) atoms. The lowest BCUT2D eigenvalue weighted by Crippen LogP contribution is -2.12. The summed E-state index contributed by atoms with van der Waals surface area (Å²) in [5.74, 6) is -2.48. The molecule has 0 bridgehead atoms. The summed E-state index contributed by atoms with van der Waals surface area (Å²) in [4.78, 5) is 11.7. The number of carbonyl (C=O) groups excluding carboxylic acids is 1. The topological polar surface area (TPSA) is 29.1 Å². The molecular formula is C11H6F2INOS. The van der Waals surface area contributed by atoms with Crippen molar-refractivity contribution in [3.63, 3.8) is 0 Å². The van der Waals surface area contributed by atoms with Crippen LogP contribution >= 0.6 is 33.9 Å². The maximum atomic E-state index is 13.3. The van der Waals surface area contributed by atoms with Gasteiger partial charge in [-0.15, -0.1) is 11.3 Å². The summed E-state index contributed by atoms with van der Waals surface area (Å²) in [6.45, 7) is 0. The Labute approximate surface area is 114 Å². The van der Waals surface area contributed by atoms with Crippen LogP contribution in [0.2, 0.25) is 0 Å². The third-order valence-corrected chi connectivity index (χ3v) is 3.82. The Balaban J connectivity index is 2.21. The zero-order valence-electron chi connectivity index (χ0n) is 8.34. The molecular weight excluding hydrogens is 359 g/mol. The second-order valence-electron chi connectivity index (χ2n) is 3.19. The standard InChI is InChI=1S/C11H6F2INOS/c12-7-2-1-3-8(10(7)13)15-11(16)6-4-9(14)17-5-6/h1-5H,(H,15,16). The van der Waals surface area contributed by atoms with Gasteiger partial charge in [0.15, 0.2) is 11.6 Å². The summed E-state index contributed by atoms with van der Waals surface area (Å²) in [5, 5.41) is 3.99. The smallest absolute Gasteiger partial charge is 0.256 e. The first kappa shape index (κ1) is 12.4. The van der Waals surface area contributed by atoms with Crippen LogP contribution in [-0.4, -0.2) is 5.91 Å². The Morgan fingerprint density at radius 3 is 2.76 bits per heavy atom. The van der Waals surface area contributed by atoms with Crippen molar-refractivity contribution < 1.29 is 13.6 Å². The highest BCUT2D eigenvalue weighted by atomic mass is 127. The van der Waals surface area contributed by atoms with Crippen molar-refractivity contribution in [1.29, 1.82) is 0 Å². The summed E-state index contributed by atoms with van der Waals surface area (Å²) in [7, 11) is 0. The van der Waals surface area contributed by atoms with E-state index in [0.29, 0.717) is 5.56 Å². The molecule has 1 heterocycles. The number of anilines is 1. The number of rotatable bonds is 2. The van der Waals surface area contributed by atoms with Crippen LogP contribution in [0.4, 0.5) is 14.5 Å². The molecule has 6 heteroatoms. The van der Waals surface area contributed by atoms with Gasteiger partial charge in [0.1, 0.15) is 0 Å². The van der Waals surface area contributed by atoms with Crippen molar-refractivity contribution in [1.82, 2.24) is 0 Å². The molecule has 0 radical (unpaired) electrons. The number of carbonyl (C=O) groups is 1. The Morgan fingerprint density at radius 2 is 2.12 bits per heavy atom. The quantitative estimate of drug-likeness (QED) is 0.805. The van der Waals surface area contributed by atoms with E-state index in [2.05, 4.69) is 27.9 Å². The third kappa shape index (κ3) is 2.81. The lowest BCUT2D eigenvalue weighted by molar-refractivity contribution is 0.102. The van der Waals surface area contributed by atoms with Gasteiger partial charge in [-0.05, 0) is 40.8 Å². The molecule has 2 aromatic rings. The largest absolute Gasteiger partial charge is 0.319 e. The van der Waals surface area contributed by atoms with Crippen molar-refractivity contribution in [2.24, 2.45) is 0 Å². The van der Waals surface area contributed by atoms with Crippen LogP contribution in [0.1, 0.15) is 10.4 Å². The highest BCUT2D eigenvalue weighted by Crippen LogP contribution is 2.20. The van der Waals surface area contributed by atoms with Gasteiger partial charge in [0.2, 0.25) is 0 Å². The first-order chi connectivity index (χ1) is 8.08. The van der Waals surface area contributed by atoms with Crippen LogP contribution in [0.15, 0.2) is 29.6 Å². The lowest BCUT2D eigenvalue weighted by atomic mass is 10.2. The number of thiophene rings is 1. The first-order valence-electron chi connectivity index (χ1n) is 4.57. The van der Waals surface area contributed by atoms with E-state index in [1.807, 2.05) is 0 Å². The van der Waals surface area contributed by atoms with Crippen molar-refractivity contribution >= 4 is 45.5 Å². The molecule has 2 nitrogen and oxygen atoms in total. The fourth-order valence-electron chi connectivity index (χ4n) is 1.22. The van der Waals surface area contributed by atoms with Gasteiger partial charge in [0, 0.05) is 5.38 Å². The molecule has 0 atom stereocenters. The van der Waals surface area contributed by atoms with Crippen molar-refractivity contribution in [3.8, 4) is 0 Å². The maximum Gasteiger partial charge on any atom is 0.256 e. The molecule has 2 rings (SSSR count). The molecule has 0 spiro atoms. The van der Waals surface area contributed by atoms with Crippen molar-refractivity contribution in [2.75, 3.05) is 5.32 Å². The summed E-state index contributed by atoms with van der Waals surface area (Å²) < 4.78 is 27.2. The van der Waals surface area contributed by atoms with Crippen LogP contribution in [0.5, 0.6) is 0 Å². The molecule has 1 aromatic heterocycles. The minimum atomic E-state index is -1.05. The molecule has 0 aliphatic heterocycles. The SMILES string of the molecule is O=C(Nc1cccc(F)c1F)c1csc(I)c1. The zero-order chi connectivity index (χ0) is 12.4. The number of hydrogen-bond donors (Lipinski definition) is 1. The van der Waals surface area contributed by atoms with E-state index >= 15 is 0 Å². The summed E-state index contributed by atoms with van der Waals surface area (Å²) in [6, 6.07) is 5.33. The Morgan fingerprint density at radius 1 is 1.35 bits per heavy atom. The molecule has 0 fully saturated rings. The van der Waals surface area contributed by atoms with E-state index in [1.165, 1.54) is 23.5 Å². The van der Waals surface area contributed by atoms with E-state index in [-0.39, 0.29) is 5.69 Å². The molecule has 0 saturated carbocycles. The van der Waals surface area contributed by atoms with E-state index < -0.39 is 17.5 Å². The van der Waals surface area contributed by atoms with Crippen LogP contribution in [0.25, 0.3) is 0 Å². The molecule has 0 saturated heterocycles. The minimum absolute atomic E-state index is 0.156. The van der Waals surface area contributed by atoms with E-state index in [4.69, 9.17) is 0 Å².